The highest BCUT2D eigenvalue weighted by Crippen LogP contribution is 1.99. The minimum atomic E-state index is -1.06. The first kappa shape index (κ1) is 15.2. The predicted octanol–water partition coefficient (Wildman–Crippen LogP) is 0.513. The van der Waals surface area contributed by atoms with Crippen LogP contribution in [-0.4, -0.2) is 46.3 Å². The van der Waals surface area contributed by atoms with E-state index in [0.717, 1.165) is 0 Å². The van der Waals surface area contributed by atoms with Gasteiger partial charge < -0.3 is 19.7 Å². The lowest BCUT2D eigenvalue weighted by Gasteiger charge is -2.09. The number of nitrogens with one attached hydrogen (secondary N) is 1. The van der Waals surface area contributed by atoms with E-state index in [-0.39, 0.29) is 17.7 Å². The number of nitrogens with zero attached hydrogens (tertiary/aromatic N) is 2. The number of amides is 1. The molecule has 1 aromatic rings. The van der Waals surface area contributed by atoms with Gasteiger partial charge in [-0.2, -0.15) is 0 Å². The molecule has 0 saturated heterocycles. The molecule has 19 heavy (non-hydrogen) atoms. The molecule has 0 saturated carbocycles. The van der Waals surface area contributed by atoms with E-state index in [1.165, 1.54) is 12.5 Å². The van der Waals surface area contributed by atoms with E-state index in [2.05, 4.69) is 10.3 Å². The number of carboxylic acid groups (broad SMARTS) is 1. The Balaban J connectivity index is 2.22. The van der Waals surface area contributed by atoms with Crippen molar-refractivity contribution >= 4 is 11.9 Å². The molecule has 0 spiro atoms. The summed E-state index contributed by atoms with van der Waals surface area (Å²) in [5.74, 6) is -1.10. The van der Waals surface area contributed by atoms with Gasteiger partial charge in [-0.25, -0.2) is 9.78 Å². The van der Waals surface area contributed by atoms with Gasteiger partial charge >= 0.3 is 5.97 Å². The molecule has 2 N–H and O–H groups in total. The molecular formula is C12H19N3O4. The molecule has 0 radical (unpaired) electrons. The number of aromatic carboxylic acids is 1. The number of rotatable bonds is 8. The van der Waals surface area contributed by atoms with Crippen LogP contribution >= 0.6 is 0 Å². The summed E-state index contributed by atoms with van der Waals surface area (Å²) in [6.45, 7) is 2.84. The van der Waals surface area contributed by atoms with Crippen molar-refractivity contribution in [3.05, 3.63) is 18.2 Å². The number of ether oxygens (including phenoxy) is 1. The fraction of sp³-hybridized carbons (Fsp3) is 0.583. The standard InChI is InChI=1S/C12H19N3O4/c1-9(19-2)3-4-11(16)13-5-6-15-7-10(12(17)18)14-8-15/h7-9H,3-6H2,1-2H3,(H,13,16)(H,17,18). The molecule has 0 aliphatic heterocycles. The molecule has 1 heterocycles. The highest BCUT2D eigenvalue weighted by Gasteiger charge is 2.07. The van der Waals surface area contributed by atoms with Crippen LogP contribution in [0.15, 0.2) is 12.5 Å². The van der Waals surface area contributed by atoms with Gasteiger partial charge in [-0.15, -0.1) is 0 Å². The van der Waals surface area contributed by atoms with Crippen LogP contribution in [0.4, 0.5) is 0 Å². The summed E-state index contributed by atoms with van der Waals surface area (Å²) in [6, 6.07) is 0. The summed E-state index contributed by atoms with van der Waals surface area (Å²) in [7, 11) is 1.61. The smallest absolute Gasteiger partial charge is 0.356 e. The fourth-order valence-corrected chi connectivity index (χ4v) is 1.46. The Labute approximate surface area is 111 Å². The summed E-state index contributed by atoms with van der Waals surface area (Å²) >= 11 is 0. The molecule has 0 aliphatic rings. The van der Waals surface area contributed by atoms with E-state index < -0.39 is 5.97 Å². The highest BCUT2D eigenvalue weighted by molar-refractivity contribution is 5.84. The first-order valence-electron chi connectivity index (χ1n) is 6.07. The van der Waals surface area contributed by atoms with E-state index in [1.54, 1.807) is 11.7 Å². The average Bonchev–Trinajstić information content (AvgIpc) is 2.85. The number of imidazole rings is 1. The number of carboxylic acids is 1. The maximum Gasteiger partial charge on any atom is 0.356 e. The van der Waals surface area contributed by atoms with Crippen LogP contribution in [0.1, 0.15) is 30.3 Å². The first-order chi connectivity index (χ1) is 9.02. The third kappa shape index (κ3) is 5.52. The van der Waals surface area contributed by atoms with E-state index in [4.69, 9.17) is 9.84 Å². The highest BCUT2D eigenvalue weighted by atomic mass is 16.5. The number of carbonyl (C=O) groups is 2. The van der Waals surface area contributed by atoms with E-state index in [9.17, 15) is 9.59 Å². The van der Waals surface area contributed by atoms with E-state index in [0.29, 0.717) is 25.9 Å². The number of hydrogen-bond acceptors (Lipinski definition) is 4. The largest absolute Gasteiger partial charge is 0.476 e. The molecule has 1 atom stereocenters. The monoisotopic (exact) mass is 269 g/mol. The quantitative estimate of drug-likeness (QED) is 0.717. The van der Waals surface area contributed by atoms with Crippen LogP contribution in [0.25, 0.3) is 0 Å². The minimum Gasteiger partial charge on any atom is -0.476 e. The number of hydrogen-bond donors (Lipinski definition) is 2. The maximum atomic E-state index is 11.5. The molecule has 7 heteroatoms. The predicted molar refractivity (Wildman–Crippen MR) is 67.9 cm³/mol. The molecular weight excluding hydrogens is 250 g/mol. The third-order valence-corrected chi connectivity index (χ3v) is 2.72. The summed E-state index contributed by atoms with van der Waals surface area (Å²) in [4.78, 5) is 25.8. The molecule has 0 aromatic carbocycles. The van der Waals surface area contributed by atoms with Crippen molar-refractivity contribution < 1.29 is 19.4 Å². The Morgan fingerprint density at radius 1 is 1.58 bits per heavy atom. The SMILES string of the molecule is COC(C)CCC(=O)NCCn1cnc(C(=O)O)c1. The van der Waals surface area contributed by atoms with Crippen LogP contribution in [0, 0.1) is 0 Å². The van der Waals surface area contributed by atoms with Gasteiger partial charge in [0.15, 0.2) is 5.69 Å². The molecule has 0 fully saturated rings. The second kappa shape index (κ2) is 7.52. The van der Waals surface area contributed by atoms with Gasteiger partial charge in [0.2, 0.25) is 5.91 Å². The molecule has 1 aromatic heterocycles. The Hall–Kier alpha value is -1.89. The van der Waals surface area contributed by atoms with Crippen molar-refractivity contribution in [3.63, 3.8) is 0 Å². The summed E-state index contributed by atoms with van der Waals surface area (Å²) in [5, 5.41) is 11.5. The lowest BCUT2D eigenvalue weighted by molar-refractivity contribution is -0.121. The van der Waals surface area contributed by atoms with Gasteiger partial charge in [0.05, 0.1) is 12.4 Å². The van der Waals surface area contributed by atoms with Gasteiger partial charge in [0.25, 0.3) is 0 Å². The Kier molecular flexibility index (Phi) is 6.01. The zero-order valence-corrected chi connectivity index (χ0v) is 11.1. The van der Waals surface area contributed by atoms with Crippen molar-refractivity contribution in [3.8, 4) is 0 Å². The Morgan fingerprint density at radius 2 is 2.32 bits per heavy atom. The number of aromatic nitrogens is 2. The molecule has 0 bridgehead atoms. The van der Waals surface area contributed by atoms with Gasteiger partial charge in [0.1, 0.15) is 0 Å². The molecule has 1 rings (SSSR count). The zero-order chi connectivity index (χ0) is 14.3. The molecule has 1 unspecified atom stereocenters. The van der Waals surface area contributed by atoms with Gasteiger partial charge in [-0.05, 0) is 13.3 Å². The van der Waals surface area contributed by atoms with Crippen LogP contribution < -0.4 is 5.32 Å². The molecule has 1 amide bonds. The number of methoxy groups -OCH3 is 1. The lowest BCUT2D eigenvalue weighted by Crippen LogP contribution is -2.27. The maximum absolute atomic E-state index is 11.5. The average molecular weight is 269 g/mol. The van der Waals surface area contributed by atoms with Crippen molar-refractivity contribution in [1.82, 2.24) is 14.9 Å². The number of carbonyl (C=O) groups excluding carboxylic acids is 1. The van der Waals surface area contributed by atoms with E-state index >= 15 is 0 Å². The van der Waals surface area contributed by atoms with Crippen molar-refractivity contribution in [2.45, 2.75) is 32.4 Å². The summed E-state index contributed by atoms with van der Waals surface area (Å²) in [5.41, 5.74) is 0.000228. The Bertz CT molecular complexity index is 430. The normalized spacial score (nSPS) is 12.1. The van der Waals surface area contributed by atoms with Crippen LogP contribution in [0.5, 0.6) is 0 Å². The second-order valence-electron chi connectivity index (χ2n) is 4.24. The summed E-state index contributed by atoms with van der Waals surface area (Å²) < 4.78 is 6.68. The lowest BCUT2D eigenvalue weighted by atomic mass is 10.2. The second-order valence-corrected chi connectivity index (χ2v) is 4.24. The van der Waals surface area contributed by atoms with Crippen LogP contribution in [-0.2, 0) is 16.1 Å². The van der Waals surface area contributed by atoms with Crippen LogP contribution in [0.2, 0.25) is 0 Å². The third-order valence-electron chi connectivity index (χ3n) is 2.72. The summed E-state index contributed by atoms with van der Waals surface area (Å²) in [6.07, 6.45) is 4.03. The van der Waals surface area contributed by atoms with Gasteiger partial charge in [-0.3, -0.25) is 4.79 Å². The van der Waals surface area contributed by atoms with E-state index in [1.807, 2.05) is 6.92 Å². The molecule has 106 valence electrons. The van der Waals surface area contributed by atoms with Gasteiger partial charge in [0, 0.05) is 32.8 Å². The topological polar surface area (TPSA) is 93.5 Å². The molecule has 0 aliphatic carbocycles. The minimum absolute atomic E-state index is 0.000228. The fourth-order valence-electron chi connectivity index (χ4n) is 1.46. The zero-order valence-electron chi connectivity index (χ0n) is 11.1. The van der Waals surface area contributed by atoms with Crippen molar-refractivity contribution in [2.75, 3.05) is 13.7 Å². The molecule has 7 nitrogen and oxygen atoms in total. The first-order valence-corrected chi connectivity index (χ1v) is 6.07. The van der Waals surface area contributed by atoms with Crippen molar-refractivity contribution in [1.29, 1.82) is 0 Å². The van der Waals surface area contributed by atoms with Crippen LogP contribution in [0.3, 0.4) is 0 Å². The van der Waals surface area contributed by atoms with Crippen molar-refractivity contribution in [2.24, 2.45) is 0 Å². The Morgan fingerprint density at radius 3 is 2.89 bits per heavy atom. The van der Waals surface area contributed by atoms with Gasteiger partial charge in [-0.1, -0.05) is 0 Å².